The molecule has 0 N–H and O–H groups in total. The maximum atomic E-state index is 7.28. The van der Waals surface area contributed by atoms with E-state index in [-0.39, 0.29) is 6.24 Å². The zero-order valence-electron chi connectivity index (χ0n) is 7.50. The van der Waals surface area contributed by atoms with Crippen molar-refractivity contribution in [1.82, 2.24) is 4.98 Å². The van der Waals surface area contributed by atoms with E-state index in [0.29, 0.717) is 11.6 Å². The molecule has 0 radical (unpaired) electrons. The van der Waals surface area contributed by atoms with Gasteiger partial charge in [0.1, 0.15) is 7.61 Å². The van der Waals surface area contributed by atoms with Crippen molar-refractivity contribution in [3.05, 3.63) is 23.9 Å². The summed E-state index contributed by atoms with van der Waals surface area (Å²) in [5.41, 5.74) is 0.658. The van der Waals surface area contributed by atoms with Crippen molar-refractivity contribution in [3.8, 4) is 0 Å². The molecule has 0 amide bonds. The predicted molar refractivity (Wildman–Crippen MR) is 43.0 cm³/mol. The van der Waals surface area contributed by atoms with Crippen molar-refractivity contribution in [3.63, 3.8) is 0 Å². The Morgan fingerprint density at radius 2 is 2.64 bits per heavy atom. The molecule has 2 heteroatoms. The van der Waals surface area contributed by atoms with Crippen molar-refractivity contribution < 1.29 is 5.79 Å². The van der Waals surface area contributed by atoms with Crippen LogP contribution in [0.4, 0.5) is 0 Å². The van der Waals surface area contributed by atoms with Gasteiger partial charge in [-0.2, -0.15) is 0 Å². The van der Waals surface area contributed by atoms with Crippen molar-refractivity contribution in [2.24, 2.45) is 5.92 Å². The first-order valence-electron chi connectivity index (χ1n) is 4.38. The van der Waals surface area contributed by atoms with E-state index in [9.17, 15) is 0 Å². The first-order valence-corrected chi connectivity index (χ1v) is 3.88. The van der Waals surface area contributed by atoms with Crippen LogP contribution < -0.4 is 0 Å². The van der Waals surface area contributed by atoms with Crippen molar-refractivity contribution >= 4 is 6.08 Å². The summed E-state index contributed by atoms with van der Waals surface area (Å²) < 4.78 is 12.3. The van der Waals surface area contributed by atoms with E-state index in [1.165, 1.54) is 12.8 Å². The average Bonchev–Trinajstić information content (AvgIpc) is 2.78. The first kappa shape index (κ1) is 5.58. The van der Waals surface area contributed by atoms with E-state index in [1.54, 1.807) is 6.92 Å². The number of nitrogens with zero attached hydrogens (tertiary/aromatic N) is 1. The molecule has 11 heavy (non-hydrogen) atoms. The van der Waals surface area contributed by atoms with Crippen LogP contribution in [0, 0.1) is 12.8 Å². The molecule has 0 saturated heterocycles. The van der Waals surface area contributed by atoms with Gasteiger partial charge in [0, 0.05) is 0 Å². The maximum Gasteiger partial charge on any atom is 0.218 e. The molecule has 0 atom stereocenters. The second-order valence-electron chi connectivity index (χ2n) is 2.94. The number of rotatable bonds is 2. The Bertz CT molecular complexity index is 293. The lowest BCUT2D eigenvalue weighted by Crippen LogP contribution is -1.71. The van der Waals surface area contributed by atoms with Crippen molar-refractivity contribution in [2.45, 2.75) is 19.8 Å². The molecule has 0 bridgehead atoms. The van der Waals surface area contributed by atoms with E-state index >= 15 is 0 Å². The third-order valence-corrected chi connectivity index (χ3v) is 1.71. The van der Waals surface area contributed by atoms with Crippen molar-refractivity contribution in [2.75, 3.05) is 0 Å². The standard InChI is InChI=1S/C9H11NO/c1-7-6-11-9(10-7)5-4-8-2-3-8/h4-6,8H,2-3H2,1H3/b5-4+/i6D. The normalized spacial score (nSPS) is 19.2. The number of oxazole rings is 1. The minimum absolute atomic E-state index is 0.172. The lowest BCUT2D eigenvalue weighted by Gasteiger charge is -1.79. The molecule has 1 fully saturated rings. The smallest absolute Gasteiger partial charge is 0.218 e. The summed E-state index contributed by atoms with van der Waals surface area (Å²) in [6.07, 6.45) is 6.70. The van der Waals surface area contributed by atoms with Gasteiger partial charge in [-0.05, 0) is 31.8 Å². The fourth-order valence-electron chi connectivity index (χ4n) is 0.915. The Hall–Kier alpha value is -1.05. The monoisotopic (exact) mass is 150 g/mol. The summed E-state index contributed by atoms with van der Waals surface area (Å²) in [4.78, 5) is 4.07. The molecule has 0 aliphatic heterocycles. The van der Waals surface area contributed by atoms with Gasteiger partial charge in [-0.25, -0.2) is 4.98 Å². The summed E-state index contributed by atoms with van der Waals surface area (Å²) in [7, 11) is 0. The van der Waals surface area contributed by atoms with Crippen LogP contribution in [0.25, 0.3) is 6.08 Å². The number of allylic oxidation sites excluding steroid dienone is 1. The largest absolute Gasteiger partial charge is 0.445 e. The lowest BCUT2D eigenvalue weighted by atomic mass is 10.4. The Balaban J connectivity index is 2.11. The van der Waals surface area contributed by atoms with Crippen LogP contribution >= 0.6 is 0 Å². The summed E-state index contributed by atoms with van der Waals surface area (Å²) in [6, 6.07) is 0. The quantitative estimate of drug-likeness (QED) is 0.647. The highest BCUT2D eigenvalue weighted by Gasteiger charge is 2.17. The predicted octanol–water partition coefficient (Wildman–Crippen LogP) is 2.41. The van der Waals surface area contributed by atoms with Gasteiger partial charge in [0.05, 0.1) is 5.69 Å². The molecule has 1 aliphatic rings. The van der Waals surface area contributed by atoms with E-state index in [4.69, 9.17) is 5.79 Å². The molecule has 0 spiro atoms. The zero-order chi connectivity index (χ0) is 8.55. The van der Waals surface area contributed by atoms with Crippen LogP contribution in [0.2, 0.25) is 0 Å². The van der Waals surface area contributed by atoms with Gasteiger partial charge in [-0.3, -0.25) is 0 Å². The van der Waals surface area contributed by atoms with Gasteiger partial charge in [0.2, 0.25) is 5.89 Å². The van der Waals surface area contributed by atoms with Gasteiger partial charge >= 0.3 is 0 Å². The second-order valence-corrected chi connectivity index (χ2v) is 2.94. The Kier molecular flexibility index (Phi) is 1.28. The Morgan fingerprint density at radius 3 is 3.18 bits per heavy atom. The minimum atomic E-state index is 0.172. The average molecular weight is 150 g/mol. The molecule has 2 nitrogen and oxygen atoms in total. The number of hydrogen-bond acceptors (Lipinski definition) is 2. The molecular weight excluding hydrogens is 138 g/mol. The third kappa shape index (κ3) is 1.70. The highest BCUT2D eigenvalue weighted by Crippen LogP contribution is 2.30. The van der Waals surface area contributed by atoms with Crippen LogP contribution in [-0.4, -0.2) is 4.98 Å². The number of aryl methyl sites for hydroxylation is 1. The summed E-state index contributed by atoms with van der Waals surface area (Å²) in [6.45, 7) is 1.78. The van der Waals surface area contributed by atoms with E-state index in [1.807, 2.05) is 6.08 Å². The van der Waals surface area contributed by atoms with E-state index in [2.05, 4.69) is 11.1 Å². The molecule has 1 aliphatic carbocycles. The van der Waals surface area contributed by atoms with Crippen LogP contribution in [0.5, 0.6) is 0 Å². The third-order valence-electron chi connectivity index (χ3n) is 1.71. The van der Waals surface area contributed by atoms with Gasteiger partial charge in [0.25, 0.3) is 0 Å². The number of hydrogen-bond donors (Lipinski definition) is 0. The fourth-order valence-corrected chi connectivity index (χ4v) is 0.915. The summed E-state index contributed by atoms with van der Waals surface area (Å²) >= 11 is 0. The zero-order valence-corrected chi connectivity index (χ0v) is 6.50. The highest BCUT2D eigenvalue weighted by atomic mass is 16.3. The molecule has 2 rings (SSSR count). The van der Waals surface area contributed by atoms with Gasteiger partial charge in [-0.1, -0.05) is 6.08 Å². The van der Waals surface area contributed by atoms with Crippen LogP contribution in [0.15, 0.2) is 16.7 Å². The molecule has 0 aromatic carbocycles. The fraction of sp³-hybridized carbons (Fsp3) is 0.444. The Labute approximate surface area is 67.3 Å². The molecular formula is C9H11NO. The van der Waals surface area contributed by atoms with Gasteiger partial charge < -0.3 is 4.42 Å². The molecule has 1 heterocycles. The van der Waals surface area contributed by atoms with E-state index in [0.717, 1.165) is 5.92 Å². The first-order chi connectivity index (χ1) is 5.75. The Morgan fingerprint density at radius 1 is 1.82 bits per heavy atom. The molecule has 0 unspecified atom stereocenters. The van der Waals surface area contributed by atoms with Crippen LogP contribution in [-0.2, 0) is 0 Å². The van der Waals surface area contributed by atoms with Gasteiger partial charge in [0.15, 0.2) is 0 Å². The SMILES string of the molecule is [2H]c1oc(/C=C/C2CC2)nc1C. The maximum absolute atomic E-state index is 7.28. The molecule has 1 aromatic rings. The summed E-state index contributed by atoms with van der Waals surface area (Å²) in [5, 5.41) is 0. The second kappa shape index (κ2) is 2.53. The topological polar surface area (TPSA) is 26.0 Å². The molecule has 1 saturated carbocycles. The summed E-state index contributed by atoms with van der Waals surface area (Å²) in [5.74, 6) is 1.29. The lowest BCUT2D eigenvalue weighted by molar-refractivity contribution is 0.545. The molecule has 58 valence electrons. The van der Waals surface area contributed by atoms with Crippen LogP contribution in [0.1, 0.15) is 25.8 Å². The van der Waals surface area contributed by atoms with Crippen LogP contribution in [0.3, 0.4) is 0 Å². The number of aromatic nitrogens is 1. The highest BCUT2D eigenvalue weighted by molar-refractivity contribution is 5.39. The van der Waals surface area contributed by atoms with E-state index < -0.39 is 0 Å². The molecule has 1 aromatic heterocycles. The minimum Gasteiger partial charge on any atom is -0.445 e. The van der Waals surface area contributed by atoms with Crippen molar-refractivity contribution in [1.29, 1.82) is 0 Å². The van der Waals surface area contributed by atoms with Gasteiger partial charge in [-0.15, -0.1) is 0 Å².